The van der Waals surface area contributed by atoms with Crippen molar-refractivity contribution in [3.63, 3.8) is 0 Å². The molecule has 0 aliphatic heterocycles. The Labute approximate surface area is 111 Å². The van der Waals surface area contributed by atoms with Crippen LogP contribution < -0.4 is 10.1 Å². The Bertz CT molecular complexity index is 505. The van der Waals surface area contributed by atoms with Crippen LogP contribution in [0.4, 0.5) is 10.1 Å². The Morgan fingerprint density at radius 2 is 1.74 bits per heavy atom. The quantitative estimate of drug-likeness (QED) is 0.840. The highest BCUT2D eigenvalue weighted by Crippen LogP contribution is 2.12. The van der Waals surface area contributed by atoms with Gasteiger partial charge in [-0.15, -0.1) is 0 Å². The molecule has 3 nitrogen and oxygen atoms in total. The molecule has 2 N–H and O–H groups in total. The molecule has 1 unspecified atom stereocenters. The van der Waals surface area contributed by atoms with Crippen molar-refractivity contribution in [2.75, 3.05) is 18.5 Å². The molecule has 0 aromatic heterocycles. The van der Waals surface area contributed by atoms with Crippen LogP contribution in [0.1, 0.15) is 0 Å². The number of hydrogen-bond acceptors (Lipinski definition) is 3. The van der Waals surface area contributed by atoms with Crippen LogP contribution in [0, 0.1) is 5.82 Å². The second-order valence-corrected chi connectivity index (χ2v) is 4.14. The predicted octanol–water partition coefficient (Wildman–Crippen LogP) is 2.68. The van der Waals surface area contributed by atoms with E-state index < -0.39 is 6.10 Å². The minimum absolute atomic E-state index is 0.158. The molecule has 0 aliphatic carbocycles. The molecular formula is C15H16FNO2. The lowest BCUT2D eigenvalue weighted by molar-refractivity contribution is 0.117. The van der Waals surface area contributed by atoms with Crippen LogP contribution in [0.3, 0.4) is 0 Å². The highest BCUT2D eigenvalue weighted by Gasteiger charge is 2.06. The summed E-state index contributed by atoms with van der Waals surface area (Å²) in [6.07, 6.45) is -0.709. The fourth-order valence-corrected chi connectivity index (χ4v) is 1.60. The lowest BCUT2D eigenvalue weighted by Crippen LogP contribution is -2.26. The molecule has 0 saturated heterocycles. The molecule has 2 aromatic rings. The third kappa shape index (κ3) is 4.26. The van der Waals surface area contributed by atoms with Crippen LogP contribution in [0.25, 0.3) is 0 Å². The zero-order valence-corrected chi connectivity index (χ0v) is 10.4. The van der Waals surface area contributed by atoms with Gasteiger partial charge in [-0.3, -0.25) is 0 Å². The highest BCUT2D eigenvalue weighted by atomic mass is 19.1. The molecule has 2 aromatic carbocycles. The van der Waals surface area contributed by atoms with E-state index in [4.69, 9.17) is 4.74 Å². The van der Waals surface area contributed by atoms with Gasteiger partial charge in [0.15, 0.2) is 0 Å². The van der Waals surface area contributed by atoms with Crippen LogP contribution in [0.15, 0.2) is 54.6 Å². The number of halogens is 1. The number of aliphatic hydroxyl groups is 1. The molecule has 0 aliphatic rings. The second-order valence-electron chi connectivity index (χ2n) is 4.14. The molecule has 19 heavy (non-hydrogen) atoms. The molecule has 100 valence electrons. The first kappa shape index (κ1) is 13.4. The fourth-order valence-electron chi connectivity index (χ4n) is 1.60. The van der Waals surface area contributed by atoms with Crippen molar-refractivity contribution in [3.05, 3.63) is 60.4 Å². The van der Waals surface area contributed by atoms with E-state index in [0.717, 1.165) is 0 Å². The van der Waals surface area contributed by atoms with Gasteiger partial charge in [-0.1, -0.05) is 30.3 Å². The molecule has 0 fully saturated rings. The molecule has 0 saturated carbocycles. The second kappa shape index (κ2) is 6.75. The van der Waals surface area contributed by atoms with Crippen molar-refractivity contribution < 1.29 is 14.2 Å². The van der Waals surface area contributed by atoms with Crippen LogP contribution >= 0.6 is 0 Å². The number of aliphatic hydroxyl groups excluding tert-OH is 1. The molecular weight excluding hydrogens is 245 g/mol. The summed E-state index contributed by atoms with van der Waals surface area (Å²) in [6, 6.07) is 15.6. The summed E-state index contributed by atoms with van der Waals surface area (Å²) in [5.74, 6) is 0.367. The predicted molar refractivity (Wildman–Crippen MR) is 72.8 cm³/mol. The fraction of sp³-hybridized carbons (Fsp3) is 0.200. The van der Waals surface area contributed by atoms with Gasteiger partial charge in [0.2, 0.25) is 0 Å². The number of para-hydroxylation sites is 2. The Balaban J connectivity index is 1.76. The zero-order chi connectivity index (χ0) is 13.5. The average Bonchev–Trinajstić information content (AvgIpc) is 2.45. The van der Waals surface area contributed by atoms with E-state index in [9.17, 15) is 9.50 Å². The summed E-state index contributed by atoms with van der Waals surface area (Å²) in [5.41, 5.74) is 0.376. The summed E-state index contributed by atoms with van der Waals surface area (Å²) in [5, 5.41) is 12.6. The van der Waals surface area contributed by atoms with E-state index in [-0.39, 0.29) is 19.0 Å². The lowest BCUT2D eigenvalue weighted by atomic mass is 10.3. The van der Waals surface area contributed by atoms with Gasteiger partial charge in [-0.25, -0.2) is 4.39 Å². The highest BCUT2D eigenvalue weighted by molar-refractivity contribution is 5.44. The minimum atomic E-state index is -0.709. The number of benzene rings is 2. The molecule has 4 heteroatoms. The number of rotatable bonds is 6. The van der Waals surface area contributed by atoms with Gasteiger partial charge in [-0.05, 0) is 24.3 Å². The third-order valence-electron chi connectivity index (χ3n) is 2.59. The number of anilines is 1. The van der Waals surface area contributed by atoms with E-state index in [0.29, 0.717) is 11.4 Å². The van der Waals surface area contributed by atoms with Gasteiger partial charge in [0.1, 0.15) is 24.3 Å². The summed E-state index contributed by atoms with van der Waals surface area (Å²) in [4.78, 5) is 0. The molecule has 0 amide bonds. The standard InChI is InChI=1S/C15H16FNO2/c16-14-8-4-5-9-15(14)17-10-12(18)11-19-13-6-2-1-3-7-13/h1-9,12,17-18H,10-11H2. The molecule has 0 bridgehead atoms. The van der Waals surface area contributed by atoms with E-state index in [1.165, 1.54) is 6.07 Å². The van der Waals surface area contributed by atoms with E-state index in [1.54, 1.807) is 18.2 Å². The first-order valence-corrected chi connectivity index (χ1v) is 6.10. The Hall–Kier alpha value is -2.07. The van der Waals surface area contributed by atoms with Gasteiger partial charge in [0, 0.05) is 6.54 Å². The number of nitrogens with one attached hydrogen (secondary N) is 1. The van der Waals surface area contributed by atoms with Crippen LogP contribution in [0.2, 0.25) is 0 Å². The van der Waals surface area contributed by atoms with Gasteiger partial charge in [0.05, 0.1) is 5.69 Å². The monoisotopic (exact) mass is 261 g/mol. The Morgan fingerprint density at radius 1 is 1.05 bits per heavy atom. The number of hydrogen-bond donors (Lipinski definition) is 2. The number of ether oxygens (including phenoxy) is 1. The topological polar surface area (TPSA) is 41.5 Å². The molecule has 2 rings (SSSR count). The summed E-state index contributed by atoms with van der Waals surface area (Å²) in [6.45, 7) is 0.388. The van der Waals surface area contributed by atoms with Crippen molar-refractivity contribution in [2.24, 2.45) is 0 Å². The van der Waals surface area contributed by atoms with Crippen molar-refractivity contribution in [1.29, 1.82) is 0 Å². The average molecular weight is 261 g/mol. The van der Waals surface area contributed by atoms with E-state index in [2.05, 4.69) is 5.32 Å². The lowest BCUT2D eigenvalue weighted by Gasteiger charge is -2.14. The molecule has 0 heterocycles. The summed E-state index contributed by atoms with van der Waals surface area (Å²) < 4.78 is 18.7. The van der Waals surface area contributed by atoms with Gasteiger partial charge in [-0.2, -0.15) is 0 Å². The van der Waals surface area contributed by atoms with Crippen LogP contribution in [-0.2, 0) is 0 Å². The first-order valence-electron chi connectivity index (χ1n) is 6.10. The smallest absolute Gasteiger partial charge is 0.146 e. The maximum Gasteiger partial charge on any atom is 0.146 e. The van der Waals surface area contributed by atoms with Crippen LogP contribution in [0.5, 0.6) is 5.75 Å². The van der Waals surface area contributed by atoms with Crippen molar-refractivity contribution >= 4 is 5.69 Å². The Morgan fingerprint density at radius 3 is 2.47 bits per heavy atom. The van der Waals surface area contributed by atoms with Gasteiger partial charge >= 0.3 is 0 Å². The SMILES string of the molecule is OC(CNc1ccccc1F)COc1ccccc1. The molecule has 1 atom stereocenters. The normalized spacial score (nSPS) is 11.9. The van der Waals surface area contributed by atoms with Gasteiger partial charge in [0.25, 0.3) is 0 Å². The van der Waals surface area contributed by atoms with Crippen molar-refractivity contribution in [3.8, 4) is 5.75 Å². The van der Waals surface area contributed by atoms with Crippen molar-refractivity contribution in [2.45, 2.75) is 6.10 Å². The van der Waals surface area contributed by atoms with Crippen molar-refractivity contribution in [1.82, 2.24) is 0 Å². The Kier molecular flexibility index (Phi) is 4.75. The maximum atomic E-state index is 13.3. The largest absolute Gasteiger partial charge is 0.491 e. The molecule has 0 spiro atoms. The van der Waals surface area contributed by atoms with Gasteiger partial charge < -0.3 is 15.2 Å². The molecule has 0 radical (unpaired) electrons. The first-order chi connectivity index (χ1) is 9.25. The van der Waals surface area contributed by atoms with Crippen LogP contribution in [-0.4, -0.2) is 24.4 Å². The summed E-state index contributed by atoms with van der Waals surface area (Å²) >= 11 is 0. The summed E-state index contributed by atoms with van der Waals surface area (Å²) in [7, 11) is 0. The maximum absolute atomic E-state index is 13.3. The van der Waals surface area contributed by atoms with E-state index in [1.807, 2.05) is 30.3 Å². The minimum Gasteiger partial charge on any atom is -0.491 e. The third-order valence-corrected chi connectivity index (χ3v) is 2.59. The zero-order valence-electron chi connectivity index (χ0n) is 10.4. The van der Waals surface area contributed by atoms with E-state index >= 15 is 0 Å².